The van der Waals surface area contributed by atoms with Gasteiger partial charge in [0.2, 0.25) is 23.5 Å². The Morgan fingerprint density at radius 2 is 1.49 bits per heavy atom. The SMILES string of the molecule is CC(=O)N(C)C[C@@H](NC(=O)N[C@H](C(=O)N1CC[C@H](C(C)C)[C@H]1C(=O)NC(CC1CC1)C(=O)C(N)=O)C(C)(C)C)C(C)(C)C. The molecule has 1 heterocycles. The number of ketones is 1. The average molecular weight is 607 g/mol. The smallest absolute Gasteiger partial charge is 0.315 e. The van der Waals surface area contributed by atoms with E-state index in [0.29, 0.717) is 19.4 Å². The summed E-state index contributed by atoms with van der Waals surface area (Å²) in [7, 11) is 1.66. The predicted molar refractivity (Wildman–Crippen MR) is 163 cm³/mol. The highest BCUT2D eigenvalue weighted by Crippen LogP contribution is 2.35. The molecule has 0 aromatic carbocycles. The van der Waals surface area contributed by atoms with Crippen molar-refractivity contribution in [2.45, 2.75) is 112 Å². The van der Waals surface area contributed by atoms with E-state index < -0.39 is 59.1 Å². The van der Waals surface area contributed by atoms with E-state index in [1.54, 1.807) is 7.05 Å². The van der Waals surface area contributed by atoms with Gasteiger partial charge in [0, 0.05) is 27.1 Å². The Kier molecular flexibility index (Phi) is 11.8. The predicted octanol–water partition coefficient (Wildman–Crippen LogP) is 1.81. The van der Waals surface area contributed by atoms with E-state index >= 15 is 0 Å². The van der Waals surface area contributed by atoms with Crippen LogP contribution in [0.4, 0.5) is 4.79 Å². The molecule has 1 saturated carbocycles. The summed E-state index contributed by atoms with van der Waals surface area (Å²) in [6, 6.07) is -3.85. The van der Waals surface area contributed by atoms with Gasteiger partial charge in [0.1, 0.15) is 12.1 Å². The summed E-state index contributed by atoms with van der Waals surface area (Å²) >= 11 is 0. The first-order valence-electron chi connectivity index (χ1n) is 15.4. The highest BCUT2D eigenvalue weighted by Gasteiger charge is 2.48. The van der Waals surface area contributed by atoms with Crippen molar-refractivity contribution < 1.29 is 28.8 Å². The van der Waals surface area contributed by atoms with Crippen molar-refractivity contribution in [1.29, 1.82) is 0 Å². The van der Waals surface area contributed by atoms with Crippen LogP contribution in [0, 0.1) is 28.6 Å². The number of rotatable bonds is 12. The van der Waals surface area contributed by atoms with E-state index in [9.17, 15) is 28.8 Å². The number of Topliss-reactive ketones (excluding diaryl/α,β-unsaturated/α-hetero) is 1. The maximum absolute atomic E-state index is 14.2. The van der Waals surface area contributed by atoms with Crippen LogP contribution in [0.3, 0.4) is 0 Å². The number of hydrogen-bond donors (Lipinski definition) is 4. The Hall–Kier alpha value is -3.18. The molecule has 0 radical (unpaired) electrons. The van der Waals surface area contributed by atoms with Crippen LogP contribution in [0.1, 0.15) is 88.0 Å². The van der Waals surface area contributed by atoms with Gasteiger partial charge in [0.15, 0.2) is 0 Å². The van der Waals surface area contributed by atoms with Crippen molar-refractivity contribution in [3.63, 3.8) is 0 Å². The number of urea groups is 1. The summed E-state index contributed by atoms with van der Waals surface area (Å²) < 4.78 is 0. The summed E-state index contributed by atoms with van der Waals surface area (Å²) in [6.45, 7) is 17.4. The number of likely N-dealkylation sites (tertiary alicyclic amines) is 1. The number of nitrogens with one attached hydrogen (secondary N) is 3. The van der Waals surface area contributed by atoms with Crippen molar-refractivity contribution >= 4 is 35.4 Å². The van der Waals surface area contributed by atoms with Crippen LogP contribution in [-0.2, 0) is 24.0 Å². The van der Waals surface area contributed by atoms with Gasteiger partial charge in [0.05, 0.1) is 12.1 Å². The van der Waals surface area contributed by atoms with Crippen molar-refractivity contribution in [2.24, 2.45) is 34.3 Å². The molecule has 1 saturated heterocycles. The summed E-state index contributed by atoms with van der Waals surface area (Å²) in [6.07, 6.45) is 2.75. The maximum atomic E-state index is 14.2. The zero-order valence-corrected chi connectivity index (χ0v) is 27.7. The average Bonchev–Trinajstić information content (AvgIpc) is 3.57. The minimum Gasteiger partial charge on any atom is -0.363 e. The molecule has 5 atom stereocenters. The van der Waals surface area contributed by atoms with E-state index in [4.69, 9.17) is 5.73 Å². The number of likely N-dealkylation sites (N-methyl/N-ethyl adjacent to an activating group) is 1. The molecule has 12 heteroatoms. The van der Waals surface area contributed by atoms with E-state index in [2.05, 4.69) is 16.0 Å². The van der Waals surface area contributed by atoms with Gasteiger partial charge in [-0.25, -0.2) is 4.79 Å². The molecule has 0 aromatic heterocycles. The minimum absolute atomic E-state index is 0.0532. The fraction of sp³-hybridized carbons (Fsp3) is 0.806. The van der Waals surface area contributed by atoms with Gasteiger partial charge in [0.25, 0.3) is 5.91 Å². The molecular formula is C31H54N6O6. The number of amides is 6. The second kappa shape index (κ2) is 14.1. The number of carbonyl (C=O) groups excluding carboxylic acids is 6. The van der Waals surface area contributed by atoms with Crippen LogP contribution in [0.15, 0.2) is 0 Å². The number of hydrogen-bond acceptors (Lipinski definition) is 6. The van der Waals surface area contributed by atoms with E-state index in [1.165, 1.54) is 16.7 Å². The van der Waals surface area contributed by atoms with Crippen LogP contribution in [0.5, 0.6) is 0 Å². The lowest BCUT2D eigenvalue weighted by Gasteiger charge is -2.38. The lowest BCUT2D eigenvalue weighted by molar-refractivity contribution is -0.144. The molecule has 0 bridgehead atoms. The van der Waals surface area contributed by atoms with E-state index in [-0.39, 0.29) is 35.6 Å². The maximum Gasteiger partial charge on any atom is 0.315 e. The zero-order valence-electron chi connectivity index (χ0n) is 27.7. The fourth-order valence-electron chi connectivity index (χ4n) is 5.53. The highest BCUT2D eigenvalue weighted by molar-refractivity contribution is 6.37. The molecule has 12 nitrogen and oxygen atoms in total. The normalized spacial score (nSPS) is 21.0. The van der Waals surface area contributed by atoms with Crippen molar-refractivity contribution in [3.05, 3.63) is 0 Å². The largest absolute Gasteiger partial charge is 0.363 e. The molecule has 2 aliphatic rings. The van der Waals surface area contributed by atoms with Gasteiger partial charge < -0.3 is 31.5 Å². The van der Waals surface area contributed by atoms with E-state index in [0.717, 1.165) is 12.8 Å². The second-order valence-corrected chi connectivity index (χ2v) is 14.9. The summed E-state index contributed by atoms with van der Waals surface area (Å²) in [5.41, 5.74) is 4.18. The summed E-state index contributed by atoms with van der Waals surface area (Å²) in [5.74, 6) is -2.86. The monoisotopic (exact) mass is 606 g/mol. The molecule has 1 unspecified atom stereocenters. The van der Waals surface area contributed by atoms with E-state index in [1.807, 2.05) is 55.4 Å². The third kappa shape index (κ3) is 9.92. The molecule has 5 N–H and O–H groups in total. The third-order valence-corrected chi connectivity index (χ3v) is 8.73. The Morgan fingerprint density at radius 1 is 0.907 bits per heavy atom. The number of nitrogens with zero attached hydrogens (tertiary/aromatic N) is 2. The molecule has 2 fully saturated rings. The standard InChI is InChI=1S/C31H54N6O6/c1-17(2)20-13-14-37(23(20)27(41)33-21(15-19-11-12-19)24(39)26(32)40)28(42)25(31(7,8)9)35-29(43)34-22(30(4,5)6)16-36(10)18(3)38/h17,19-23,25H,11-16H2,1-10H3,(H2,32,40)(H,33,41)(H2,34,35,43)/t20-,21?,22-,23+,25-/m1/s1. The Balaban J connectivity index is 2.31. The van der Waals surface area contributed by atoms with Gasteiger partial charge in [-0.2, -0.15) is 0 Å². The zero-order chi connectivity index (χ0) is 33.0. The highest BCUT2D eigenvalue weighted by atomic mass is 16.2. The minimum atomic E-state index is -1.10. The quantitative estimate of drug-likeness (QED) is 0.247. The Bertz CT molecular complexity index is 1070. The van der Waals surface area contributed by atoms with Gasteiger partial charge in [-0.15, -0.1) is 0 Å². The van der Waals surface area contributed by atoms with Gasteiger partial charge in [-0.3, -0.25) is 24.0 Å². The molecule has 6 amide bonds. The molecule has 1 aliphatic carbocycles. The Morgan fingerprint density at radius 3 is 1.93 bits per heavy atom. The topological polar surface area (TPSA) is 171 Å². The second-order valence-electron chi connectivity index (χ2n) is 14.9. The van der Waals surface area contributed by atoms with Crippen LogP contribution >= 0.6 is 0 Å². The van der Waals surface area contributed by atoms with Crippen LogP contribution in [0.25, 0.3) is 0 Å². The molecule has 2 rings (SSSR count). The van der Waals surface area contributed by atoms with Crippen molar-refractivity contribution in [3.8, 4) is 0 Å². The van der Waals surface area contributed by atoms with Crippen LogP contribution < -0.4 is 21.7 Å². The Labute approximate surface area is 256 Å². The molecule has 0 aromatic rings. The van der Waals surface area contributed by atoms with Gasteiger partial charge >= 0.3 is 6.03 Å². The first-order chi connectivity index (χ1) is 19.6. The van der Waals surface area contributed by atoms with Crippen LogP contribution in [-0.4, -0.2) is 89.5 Å². The third-order valence-electron chi connectivity index (χ3n) is 8.73. The van der Waals surface area contributed by atoms with Crippen molar-refractivity contribution in [1.82, 2.24) is 25.8 Å². The molecule has 0 spiro atoms. The molecular weight excluding hydrogens is 552 g/mol. The van der Waals surface area contributed by atoms with Gasteiger partial charge in [-0.05, 0) is 41.4 Å². The molecule has 244 valence electrons. The van der Waals surface area contributed by atoms with Crippen LogP contribution in [0.2, 0.25) is 0 Å². The number of primary amides is 1. The summed E-state index contributed by atoms with van der Waals surface area (Å²) in [5, 5.41) is 8.56. The number of carbonyl (C=O) groups is 6. The fourth-order valence-corrected chi connectivity index (χ4v) is 5.53. The first kappa shape index (κ1) is 36.0. The number of nitrogens with two attached hydrogens (primary N) is 1. The molecule has 1 aliphatic heterocycles. The van der Waals surface area contributed by atoms with Gasteiger partial charge in [-0.1, -0.05) is 68.2 Å². The molecule has 43 heavy (non-hydrogen) atoms. The lowest BCUT2D eigenvalue weighted by atomic mass is 9.84. The summed E-state index contributed by atoms with van der Waals surface area (Å²) in [4.78, 5) is 80.5. The first-order valence-corrected chi connectivity index (χ1v) is 15.4. The lowest BCUT2D eigenvalue weighted by Crippen LogP contribution is -2.62. The van der Waals surface area contributed by atoms with Crippen molar-refractivity contribution in [2.75, 3.05) is 20.1 Å².